The number of carbonyl (C=O) groups excluding carboxylic acids is 4. The van der Waals surface area contributed by atoms with Crippen LogP contribution in [0.25, 0.3) is 46.6 Å². The van der Waals surface area contributed by atoms with E-state index in [1.807, 2.05) is 88.7 Å². The molecule has 7 aliphatic carbocycles. The van der Waals surface area contributed by atoms with Crippen molar-refractivity contribution in [3.8, 4) is 19.5 Å². The molecule has 2 unspecified atom stereocenters. The molecular formula is C46H34O4S4. The van der Waals surface area contributed by atoms with Crippen LogP contribution in [0.2, 0.25) is 0 Å². The fraction of sp³-hybridized carbons (Fsp3) is 0.304. The van der Waals surface area contributed by atoms with Crippen LogP contribution < -0.4 is 0 Å². The van der Waals surface area contributed by atoms with E-state index in [1.54, 1.807) is 28.5 Å². The number of allylic oxidation sites excluding steroid dienone is 6. The highest BCUT2D eigenvalue weighted by atomic mass is 32.1. The molecule has 0 radical (unpaired) electrons. The molecule has 0 N–H and O–H groups in total. The summed E-state index contributed by atoms with van der Waals surface area (Å²) >= 11 is 7.65. The monoisotopic (exact) mass is 778 g/mol. The number of ketones is 4. The number of rotatable bonds is 2. The van der Waals surface area contributed by atoms with E-state index >= 15 is 0 Å². The fourth-order valence-corrected chi connectivity index (χ4v) is 17.2. The molecule has 12 rings (SSSR count). The van der Waals surface area contributed by atoms with Crippen LogP contribution in [-0.4, -0.2) is 23.1 Å². The van der Waals surface area contributed by atoms with Crippen LogP contribution in [0.5, 0.6) is 0 Å². The van der Waals surface area contributed by atoms with Gasteiger partial charge in [0, 0.05) is 64.1 Å². The number of benzene rings is 1. The van der Waals surface area contributed by atoms with Crippen molar-refractivity contribution in [2.24, 2.45) is 11.8 Å². The Balaban J connectivity index is 1.02. The Kier molecular flexibility index (Phi) is 6.71. The van der Waals surface area contributed by atoms with Crippen molar-refractivity contribution in [1.82, 2.24) is 0 Å². The fourth-order valence-electron chi connectivity index (χ4n) is 11.2. The SMILES string of the molecule is O=C1C(=O)c2ccccc2/C1=C/c1cc2c(s1)-c1sc3c4c(sc3c1C21CCCCC1)-c1sc(/C=C2\C(=O)C(=O)C3C=CC=CC23)cc1C41CCCCC1. The first kappa shape index (κ1) is 32.2. The summed E-state index contributed by atoms with van der Waals surface area (Å²) in [5.41, 5.74) is 8.38. The first-order chi connectivity index (χ1) is 26.4. The summed E-state index contributed by atoms with van der Waals surface area (Å²) in [7, 11) is 0. The van der Waals surface area contributed by atoms with Crippen molar-refractivity contribution in [3.63, 3.8) is 0 Å². The summed E-state index contributed by atoms with van der Waals surface area (Å²) in [6.45, 7) is 0. The molecule has 7 aliphatic rings. The molecule has 2 atom stereocenters. The summed E-state index contributed by atoms with van der Waals surface area (Å²) in [6.07, 6.45) is 23.7. The third kappa shape index (κ3) is 4.02. The molecule has 3 fully saturated rings. The van der Waals surface area contributed by atoms with Gasteiger partial charge in [-0.2, -0.15) is 0 Å². The molecule has 4 heterocycles. The topological polar surface area (TPSA) is 68.3 Å². The zero-order valence-electron chi connectivity index (χ0n) is 29.4. The van der Waals surface area contributed by atoms with E-state index < -0.39 is 11.6 Å². The van der Waals surface area contributed by atoms with E-state index in [0.717, 1.165) is 41.0 Å². The molecule has 266 valence electrons. The largest absolute Gasteiger partial charge is 0.290 e. The molecule has 4 nitrogen and oxygen atoms in total. The second-order valence-electron chi connectivity index (χ2n) is 16.2. The van der Waals surface area contributed by atoms with Gasteiger partial charge in [0.15, 0.2) is 0 Å². The Bertz CT molecular complexity index is 2720. The summed E-state index contributed by atoms with van der Waals surface area (Å²) in [6, 6.07) is 12.1. The number of hydrogen-bond donors (Lipinski definition) is 0. The lowest BCUT2D eigenvalue weighted by Gasteiger charge is -2.35. The zero-order chi connectivity index (χ0) is 36.1. The van der Waals surface area contributed by atoms with E-state index in [-0.39, 0.29) is 34.2 Å². The lowest BCUT2D eigenvalue weighted by molar-refractivity contribution is -0.133. The van der Waals surface area contributed by atoms with Gasteiger partial charge < -0.3 is 0 Å². The third-order valence-electron chi connectivity index (χ3n) is 13.6. The van der Waals surface area contributed by atoms with Gasteiger partial charge in [-0.1, -0.05) is 87.1 Å². The van der Waals surface area contributed by atoms with E-state index in [4.69, 9.17) is 0 Å². The molecule has 8 heteroatoms. The Labute approximate surface area is 328 Å². The molecule has 1 aromatic carbocycles. The minimum Gasteiger partial charge on any atom is -0.290 e. The smallest absolute Gasteiger partial charge is 0.234 e. The van der Waals surface area contributed by atoms with Gasteiger partial charge in [0.05, 0.1) is 25.1 Å². The normalized spacial score (nSPS) is 25.4. The van der Waals surface area contributed by atoms with E-state index in [1.165, 1.54) is 78.6 Å². The molecule has 0 aliphatic heterocycles. The van der Waals surface area contributed by atoms with Crippen molar-refractivity contribution >= 4 is 95.6 Å². The highest BCUT2D eigenvalue weighted by molar-refractivity contribution is 7.34. The molecule has 5 aromatic rings. The molecular weight excluding hydrogens is 745 g/mol. The van der Waals surface area contributed by atoms with Crippen LogP contribution in [-0.2, 0) is 25.2 Å². The van der Waals surface area contributed by atoms with Crippen LogP contribution in [0.3, 0.4) is 0 Å². The van der Waals surface area contributed by atoms with Crippen LogP contribution in [0.4, 0.5) is 0 Å². The van der Waals surface area contributed by atoms with Gasteiger partial charge in [0.2, 0.25) is 23.1 Å². The molecule has 0 bridgehead atoms. The number of fused-ring (bicyclic) bond motifs is 15. The minimum atomic E-state index is -0.400. The molecule has 0 amide bonds. The van der Waals surface area contributed by atoms with Crippen molar-refractivity contribution < 1.29 is 19.2 Å². The molecule has 54 heavy (non-hydrogen) atoms. The van der Waals surface area contributed by atoms with Crippen LogP contribution in [0.15, 0.2) is 66.3 Å². The maximum absolute atomic E-state index is 13.2. The van der Waals surface area contributed by atoms with Crippen LogP contribution >= 0.6 is 45.3 Å². The minimum absolute atomic E-state index is 0.0190. The van der Waals surface area contributed by atoms with E-state index in [2.05, 4.69) is 12.1 Å². The van der Waals surface area contributed by atoms with Gasteiger partial charge in [-0.15, -0.1) is 45.3 Å². The average Bonchev–Trinajstić information content (AvgIpc) is 4.07. The highest BCUT2D eigenvalue weighted by Gasteiger charge is 2.53. The van der Waals surface area contributed by atoms with Gasteiger partial charge in [-0.3, -0.25) is 19.2 Å². The van der Waals surface area contributed by atoms with Crippen LogP contribution in [0, 0.1) is 11.8 Å². The third-order valence-corrected chi connectivity index (χ3v) is 18.7. The summed E-state index contributed by atoms with van der Waals surface area (Å²) in [5.74, 6) is -1.93. The van der Waals surface area contributed by atoms with Gasteiger partial charge in [-0.25, -0.2) is 0 Å². The summed E-state index contributed by atoms with van der Waals surface area (Å²) in [5, 5.41) is 0. The van der Waals surface area contributed by atoms with Gasteiger partial charge in [0.25, 0.3) is 0 Å². The maximum Gasteiger partial charge on any atom is 0.234 e. The Hall–Kier alpha value is -4.08. The quantitative estimate of drug-likeness (QED) is 0.132. The van der Waals surface area contributed by atoms with Crippen molar-refractivity contribution in [3.05, 3.63) is 109 Å². The Morgan fingerprint density at radius 1 is 0.556 bits per heavy atom. The second-order valence-corrected chi connectivity index (χ2v) is 20.4. The number of hydrogen-bond acceptors (Lipinski definition) is 8. The average molecular weight is 779 g/mol. The van der Waals surface area contributed by atoms with Gasteiger partial charge >= 0.3 is 0 Å². The lowest BCUT2D eigenvalue weighted by atomic mass is 9.67. The van der Waals surface area contributed by atoms with Crippen molar-refractivity contribution in [2.75, 3.05) is 0 Å². The molecule has 2 spiro atoms. The maximum atomic E-state index is 13.2. The predicted molar refractivity (Wildman–Crippen MR) is 221 cm³/mol. The van der Waals surface area contributed by atoms with Gasteiger partial charge in [-0.05, 0) is 66.7 Å². The Morgan fingerprint density at radius 2 is 1.09 bits per heavy atom. The number of thiophene rings is 4. The number of carbonyl (C=O) groups is 4. The first-order valence-electron chi connectivity index (χ1n) is 19.3. The van der Waals surface area contributed by atoms with E-state index in [9.17, 15) is 19.2 Å². The van der Waals surface area contributed by atoms with Crippen molar-refractivity contribution in [1.29, 1.82) is 0 Å². The van der Waals surface area contributed by atoms with Gasteiger partial charge in [0.1, 0.15) is 0 Å². The Morgan fingerprint density at radius 3 is 1.69 bits per heavy atom. The first-order valence-corrected chi connectivity index (χ1v) is 22.6. The summed E-state index contributed by atoms with van der Waals surface area (Å²) < 4.78 is 2.97. The molecule has 0 saturated heterocycles. The second kappa shape index (κ2) is 11.3. The molecule has 3 saturated carbocycles. The number of Topliss-reactive ketones (excluding diaryl/α,β-unsaturated/α-hetero) is 4. The summed E-state index contributed by atoms with van der Waals surface area (Å²) in [4.78, 5) is 59.9. The predicted octanol–water partition coefficient (Wildman–Crippen LogP) is 11.7. The lowest BCUT2D eigenvalue weighted by Crippen LogP contribution is -2.28. The van der Waals surface area contributed by atoms with Crippen molar-refractivity contribution in [2.45, 2.75) is 75.0 Å². The standard InChI is InChI=1S/C46H34O4S4/c47-35-27-13-5-3-11-25(27)29(37(35)49)19-23-21-31-39(51-23)41-33(45(31)15-7-1-8-16-45)43-44(53-41)34-42(54-43)40-32(46(34)17-9-2-10-18-46)22-24(52-40)20-30-26-12-4-6-14-28(26)36(48)38(30)50/h3-6,11-14,19-22,25,27H,1-2,7-10,15-18H2/b29-19-,30-20-. The highest BCUT2D eigenvalue weighted by Crippen LogP contribution is 2.69. The molecule has 4 aromatic heterocycles. The van der Waals surface area contributed by atoms with E-state index in [0.29, 0.717) is 16.7 Å². The van der Waals surface area contributed by atoms with Crippen LogP contribution in [0.1, 0.15) is 112 Å². The zero-order valence-corrected chi connectivity index (χ0v) is 32.7.